The topological polar surface area (TPSA) is 307 Å². The Hall–Kier alpha value is -4.07. The Kier molecular flexibility index (Phi) is 59.5. The summed E-state index contributed by atoms with van der Waals surface area (Å²) in [7, 11) is 0. The second-order valence-corrected chi connectivity index (χ2v) is 28.8. The van der Waals surface area contributed by atoms with Crippen LogP contribution in [0.15, 0.2) is 134 Å². The zero-order valence-corrected chi connectivity index (χ0v) is 65.1. The summed E-state index contributed by atoms with van der Waals surface area (Å²) < 4.78 is 34.4. The number of carbonyl (C=O) groups excluding carboxylic acids is 1. The third-order valence-electron chi connectivity index (χ3n) is 19.7. The molecule has 12 N–H and O–H groups in total. The Morgan fingerprint density at radius 1 is 0.349 bits per heavy atom. The number of aliphatic hydroxyl groups excluding tert-OH is 11. The van der Waals surface area contributed by atoms with Gasteiger partial charge in [-0.1, -0.05) is 302 Å². The van der Waals surface area contributed by atoms with Gasteiger partial charge in [0.15, 0.2) is 18.9 Å². The Morgan fingerprint density at radius 2 is 0.660 bits per heavy atom. The number of carbonyl (C=O) groups is 1. The van der Waals surface area contributed by atoms with Crippen LogP contribution in [0.2, 0.25) is 0 Å². The first-order valence-electron chi connectivity index (χ1n) is 41.4. The van der Waals surface area contributed by atoms with E-state index < -0.39 is 124 Å². The lowest BCUT2D eigenvalue weighted by molar-refractivity contribution is -0.379. The van der Waals surface area contributed by atoms with Gasteiger partial charge in [0.2, 0.25) is 5.91 Å². The third kappa shape index (κ3) is 44.7. The van der Waals surface area contributed by atoms with Crippen LogP contribution in [0.1, 0.15) is 277 Å². The molecule has 19 heteroatoms. The van der Waals surface area contributed by atoms with Crippen LogP contribution in [0.4, 0.5) is 0 Å². The van der Waals surface area contributed by atoms with Gasteiger partial charge in [-0.25, -0.2) is 0 Å². The molecule has 608 valence electrons. The molecule has 0 aliphatic carbocycles. The Morgan fingerprint density at radius 3 is 1.06 bits per heavy atom. The van der Waals surface area contributed by atoms with Crippen molar-refractivity contribution < 1.29 is 89.4 Å². The third-order valence-corrected chi connectivity index (χ3v) is 19.7. The Bertz CT molecular complexity index is 2440. The summed E-state index contributed by atoms with van der Waals surface area (Å²) >= 11 is 0. The fourth-order valence-corrected chi connectivity index (χ4v) is 13.1. The quantitative estimate of drug-likeness (QED) is 0.0199. The monoisotopic (exact) mass is 1490 g/mol. The highest BCUT2D eigenvalue weighted by Crippen LogP contribution is 2.33. The number of hydrogen-bond acceptors (Lipinski definition) is 18. The van der Waals surface area contributed by atoms with Crippen LogP contribution in [0.5, 0.6) is 0 Å². The van der Waals surface area contributed by atoms with Gasteiger partial charge in [0.25, 0.3) is 0 Å². The van der Waals surface area contributed by atoms with Crippen molar-refractivity contribution in [3.05, 3.63) is 134 Å². The highest BCUT2D eigenvalue weighted by molar-refractivity contribution is 5.76. The van der Waals surface area contributed by atoms with Gasteiger partial charge in [0.05, 0.1) is 38.6 Å². The Balaban J connectivity index is 1.37. The normalized spacial score (nSPS) is 26.4. The summed E-state index contributed by atoms with van der Waals surface area (Å²) in [4.78, 5) is 13.5. The predicted octanol–water partition coefficient (Wildman–Crippen LogP) is 14.4. The zero-order chi connectivity index (χ0) is 76.7. The van der Waals surface area contributed by atoms with Gasteiger partial charge in [-0.3, -0.25) is 4.79 Å². The molecule has 0 bridgehead atoms. The van der Waals surface area contributed by atoms with Crippen molar-refractivity contribution in [1.82, 2.24) is 5.32 Å². The molecule has 0 aromatic heterocycles. The van der Waals surface area contributed by atoms with Crippen molar-refractivity contribution in [3.63, 3.8) is 0 Å². The van der Waals surface area contributed by atoms with E-state index in [4.69, 9.17) is 28.4 Å². The highest BCUT2D eigenvalue weighted by atomic mass is 16.8. The molecule has 3 aliphatic rings. The molecule has 106 heavy (non-hydrogen) atoms. The second-order valence-electron chi connectivity index (χ2n) is 28.8. The first-order chi connectivity index (χ1) is 51.8. The molecule has 3 aliphatic heterocycles. The summed E-state index contributed by atoms with van der Waals surface area (Å²) in [5.41, 5.74) is 0. The van der Waals surface area contributed by atoms with Crippen LogP contribution < -0.4 is 5.32 Å². The molecule has 17 atom stereocenters. The van der Waals surface area contributed by atoms with Gasteiger partial charge in [-0.2, -0.15) is 0 Å². The largest absolute Gasteiger partial charge is 0.394 e. The maximum absolute atomic E-state index is 13.5. The van der Waals surface area contributed by atoms with E-state index in [0.29, 0.717) is 12.8 Å². The van der Waals surface area contributed by atoms with Crippen molar-refractivity contribution in [2.24, 2.45) is 0 Å². The number of ether oxygens (including phenoxy) is 6. The van der Waals surface area contributed by atoms with Gasteiger partial charge in [0, 0.05) is 6.42 Å². The molecular weight excluding hydrogens is 1350 g/mol. The average molecular weight is 1500 g/mol. The molecule has 3 rings (SSSR count). The minimum atomic E-state index is -1.99. The van der Waals surface area contributed by atoms with E-state index in [1.807, 2.05) is 6.08 Å². The van der Waals surface area contributed by atoms with E-state index in [0.717, 1.165) is 109 Å². The first kappa shape index (κ1) is 96.1. The van der Waals surface area contributed by atoms with Crippen LogP contribution in [-0.4, -0.2) is 193 Å². The van der Waals surface area contributed by atoms with Gasteiger partial charge in [-0.05, 0) is 103 Å². The molecule has 0 radical (unpaired) electrons. The van der Waals surface area contributed by atoms with Gasteiger partial charge in [-0.15, -0.1) is 0 Å². The SMILES string of the molecule is CC/C=C\C/C=C\C/C=C\C/C=C\C/C=C\C/C=C\C/C=C\C/C=C\C/C=C\CCCCCCCCCCCC(=O)NC(COC1OC(CO)C(OC2OC(CO)C(OC3OC(CO)C(O)C(O)C3O)C(O)C2O)C(O)C1O)C(O)/C=C/CC/C=C/CCCCCCCCCCCCCCCCCCCC. The molecule has 17 unspecified atom stereocenters. The standard InChI is InChI=1S/C87H147NO18/c1-3-5-7-9-11-13-15-17-19-21-23-25-27-29-30-31-32-33-34-35-36-37-38-39-40-41-43-45-47-49-51-53-55-57-59-61-63-65-75(93)88-70(71(92)64-62-60-58-56-54-52-50-48-46-44-42-28-26-24-22-20-18-16-14-12-10-8-6-4-2)69-101-85-81(99)78(96)83(73(67-90)103-85)106-87-82(100)79(97)84(74(68-91)104-87)105-86-80(98)77(95)76(94)72(66-89)102-86/h5,7,11,13,17,19,23,25,29-30,32-33,35-36,38-39,41,43,54,56,62,64,70-74,76-87,89-92,94-100H,3-4,6,8-10,12,14-16,18,20-22,24,26-28,31,34,37,40,42,44-53,55,57-61,63,65-69H2,1-2H3,(H,88,93)/b7-5-,13-11-,19-17-,25-23-,30-29-,33-32-,36-35-,39-38-,43-41-,56-54+,64-62+. The molecule has 0 aromatic rings. The van der Waals surface area contributed by atoms with Crippen molar-refractivity contribution in [2.75, 3.05) is 26.4 Å². The van der Waals surface area contributed by atoms with Crippen LogP contribution >= 0.6 is 0 Å². The van der Waals surface area contributed by atoms with E-state index in [1.165, 1.54) is 135 Å². The summed E-state index contributed by atoms with van der Waals surface area (Å²) in [6.07, 6.45) is 67.2. The summed E-state index contributed by atoms with van der Waals surface area (Å²) in [5, 5.41) is 121. The molecule has 3 fully saturated rings. The maximum atomic E-state index is 13.5. The van der Waals surface area contributed by atoms with Gasteiger partial charge >= 0.3 is 0 Å². The lowest BCUT2D eigenvalue weighted by Gasteiger charge is -2.48. The van der Waals surface area contributed by atoms with Crippen molar-refractivity contribution >= 4 is 5.91 Å². The first-order valence-corrected chi connectivity index (χ1v) is 41.4. The summed E-state index contributed by atoms with van der Waals surface area (Å²) in [5.74, 6) is -0.295. The van der Waals surface area contributed by atoms with Gasteiger partial charge < -0.3 is 89.9 Å². The lowest BCUT2D eigenvalue weighted by Crippen LogP contribution is -2.66. The molecule has 3 saturated heterocycles. The summed E-state index contributed by atoms with van der Waals surface area (Å²) in [6, 6.07) is -1.00. The van der Waals surface area contributed by atoms with Crippen LogP contribution in [0.25, 0.3) is 0 Å². The summed E-state index contributed by atoms with van der Waals surface area (Å²) in [6.45, 7) is 1.61. The van der Waals surface area contributed by atoms with Crippen LogP contribution in [0, 0.1) is 0 Å². The Labute approximate surface area is 639 Å². The smallest absolute Gasteiger partial charge is 0.220 e. The molecule has 0 spiro atoms. The molecule has 3 heterocycles. The number of hydrogen-bond donors (Lipinski definition) is 12. The zero-order valence-electron chi connectivity index (χ0n) is 65.1. The fraction of sp³-hybridized carbons (Fsp3) is 0.736. The number of aliphatic hydroxyl groups is 11. The van der Waals surface area contributed by atoms with Crippen LogP contribution in [0.3, 0.4) is 0 Å². The fourth-order valence-electron chi connectivity index (χ4n) is 13.1. The maximum Gasteiger partial charge on any atom is 0.220 e. The van der Waals surface area contributed by atoms with E-state index in [2.05, 4.69) is 141 Å². The van der Waals surface area contributed by atoms with Crippen molar-refractivity contribution in [3.8, 4) is 0 Å². The predicted molar refractivity (Wildman–Crippen MR) is 424 cm³/mol. The van der Waals surface area contributed by atoms with Crippen molar-refractivity contribution in [1.29, 1.82) is 0 Å². The highest BCUT2D eigenvalue weighted by Gasteiger charge is 2.54. The number of allylic oxidation sites excluding steroid dienone is 21. The lowest BCUT2D eigenvalue weighted by atomic mass is 9.96. The number of nitrogens with one attached hydrogen (secondary N) is 1. The van der Waals surface area contributed by atoms with Crippen LogP contribution in [-0.2, 0) is 33.2 Å². The molecule has 19 nitrogen and oxygen atoms in total. The average Bonchev–Trinajstić information content (AvgIpc) is 0.780. The minimum Gasteiger partial charge on any atom is -0.394 e. The van der Waals surface area contributed by atoms with E-state index in [1.54, 1.807) is 6.08 Å². The molecule has 0 aromatic carbocycles. The van der Waals surface area contributed by atoms with Crippen molar-refractivity contribution in [2.45, 2.75) is 381 Å². The van der Waals surface area contributed by atoms with E-state index in [9.17, 15) is 61.0 Å². The number of rotatable bonds is 64. The second kappa shape index (κ2) is 65.6. The minimum absolute atomic E-state index is 0.220. The van der Waals surface area contributed by atoms with Gasteiger partial charge in [0.1, 0.15) is 73.2 Å². The molecule has 1 amide bonds. The molecular formula is C87H147NO18. The van der Waals surface area contributed by atoms with E-state index in [-0.39, 0.29) is 18.9 Å². The molecule has 0 saturated carbocycles. The number of unbranched alkanes of at least 4 members (excludes halogenated alkanes) is 28. The van der Waals surface area contributed by atoms with E-state index >= 15 is 0 Å². The number of amides is 1.